The fourth-order valence-corrected chi connectivity index (χ4v) is 7.66. The summed E-state index contributed by atoms with van der Waals surface area (Å²) in [6.45, 7) is 5.57. The van der Waals surface area contributed by atoms with E-state index in [1.807, 2.05) is 22.6 Å². The van der Waals surface area contributed by atoms with Gasteiger partial charge in [0, 0.05) is 26.5 Å². The lowest BCUT2D eigenvalue weighted by atomic mass is 9.61. The molecule has 3 aliphatic rings. The molecular weight excluding hydrogens is 781 g/mol. The van der Waals surface area contributed by atoms with Crippen LogP contribution in [0.25, 0.3) is 11.1 Å². The summed E-state index contributed by atoms with van der Waals surface area (Å²) in [6.07, 6.45) is -9.98. The van der Waals surface area contributed by atoms with Gasteiger partial charge in [-0.3, -0.25) is 24.5 Å². The second-order valence-electron chi connectivity index (χ2n) is 13.0. The van der Waals surface area contributed by atoms with Crippen LogP contribution in [0, 0.1) is 11.8 Å². The molecule has 2 atom stereocenters. The van der Waals surface area contributed by atoms with Gasteiger partial charge in [-0.1, -0.05) is 59.9 Å². The van der Waals surface area contributed by atoms with Crippen LogP contribution in [0.3, 0.4) is 0 Å². The highest BCUT2D eigenvalue weighted by Gasteiger charge is 2.75. The number of nitrogens with one attached hydrogen (secondary N) is 1. The zero-order valence-electron chi connectivity index (χ0n) is 26.7. The Hall–Kier alpha value is -4.47. The van der Waals surface area contributed by atoms with E-state index in [0.717, 1.165) is 31.2 Å². The first-order valence-electron chi connectivity index (χ1n) is 15.2. The minimum Gasteiger partial charge on any atom is -0.508 e. The number of fused-ring (bicyclic) bond motifs is 2. The lowest BCUT2D eigenvalue weighted by Crippen LogP contribution is -2.60. The van der Waals surface area contributed by atoms with Gasteiger partial charge in [0.1, 0.15) is 5.75 Å². The van der Waals surface area contributed by atoms with Crippen LogP contribution in [0.1, 0.15) is 80.3 Å². The van der Waals surface area contributed by atoms with Crippen LogP contribution >= 0.6 is 22.6 Å². The first-order valence-corrected chi connectivity index (χ1v) is 16.3. The first kappa shape index (κ1) is 35.4. The number of carbonyl (C=O) groups is 4. The van der Waals surface area contributed by atoms with E-state index < -0.39 is 68.0 Å². The van der Waals surface area contributed by atoms with Gasteiger partial charge in [-0.05, 0) is 79.4 Å². The van der Waals surface area contributed by atoms with Crippen LogP contribution in [0.5, 0.6) is 5.75 Å². The van der Waals surface area contributed by atoms with Gasteiger partial charge in [0.2, 0.25) is 0 Å². The van der Waals surface area contributed by atoms with Crippen molar-refractivity contribution in [3.8, 4) is 16.9 Å². The Morgan fingerprint density at radius 3 is 1.88 bits per heavy atom. The smallest absolute Gasteiger partial charge is 0.407 e. The predicted molar refractivity (Wildman–Crippen MR) is 178 cm³/mol. The molecule has 50 heavy (non-hydrogen) atoms. The van der Waals surface area contributed by atoms with E-state index in [2.05, 4.69) is 5.32 Å². The third-order valence-corrected chi connectivity index (χ3v) is 10.2. The van der Waals surface area contributed by atoms with Crippen LogP contribution in [-0.2, 0) is 8.84 Å². The molecule has 0 spiro atoms. The molecule has 3 aromatic rings. The van der Waals surface area contributed by atoms with Gasteiger partial charge in [0.25, 0.3) is 23.6 Å². The maximum atomic E-state index is 15.3. The number of hydrogen-bond acceptors (Lipinski definition) is 5. The Kier molecular flexibility index (Phi) is 8.16. The number of imide groups is 2. The summed E-state index contributed by atoms with van der Waals surface area (Å²) in [6, 6.07) is 10.7. The first-order chi connectivity index (χ1) is 23.1. The summed E-state index contributed by atoms with van der Waals surface area (Å²) in [5.41, 5.74) is -5.20. The van der Waals surface area contributed by atoms with E-state index in [0.29, 0.717) is 22.1 Å². The lowest BCUT2D eigenvalue weighted by Gasteiger charge is -2.47. The van der Waals surface area contributed by atoms with Crippen molar-refractivity contribution in [1.82, 2.24) is 10.2 Å². The summed E-state index contributed by atoms with van der Waals surface area (Å²) in [5.74, 6) is -7.58. The van der Waals surface area contributed by atoms with Gasteiger partial charge in [-0.25, -0.2) is 4.90 Å². The Labute approximate surface area is 295 Å². The number of hydrogen-bond donors (Lipinski definition) is 2. The molecule has 0 aromatic heterocycles. The topological polar surface area (TPSA) is 104 Å². The average molecular weight is 809 g/mol. The molecule has 14 heteroatoms. The highest BCUT2D eigenvalue weighted by Crippen LogP contribution is 2.61. The lowest BCUT2D eigenvalue weighted by molar-refractivity contribution is -0.318. The molecule has 0 radical (unpaired) electrons. The maximum absolute atomic E-state index is 15.3. The fourth-order valence-electron chi connectivity index (χ4n) is 7.23. The quantitative estimate of drug-likeness (QED) is 0.117. The number of carbonyl (C=O) groups excluding carboxylic acids is 4. The number of nitrogens with zero attached hydrogens (tertiary/aromatic N) is 1. The van der Waals surface area contributed by atoms with Crippen LogP contribution in [0.4, 0.5) is 26.3 Å². The van der Waals surface area contributed by atoms with Crippen molar-refractivity contribution in [2.45, 2.75) is 48.9 Å². The predicted octanol–water partition coefficient (Wildman–Crippen LogP) is 8.37. The molecule has 2 N–H and O–H groups in total. The minimum absolute atomic E-state index is 0.104. The van der Waals surface area contributed by atoms with Crippen LogP contribution < -0.4 is 5.32 Å². The van der Waals surface area contributed by atoms with Gasteiger partial charge in [-0.2, -0.15) is 26.3 Å². The van der Waals surface area contributed by atoms with E-state index in [1.165, 1.54) is 57.2 Å². The van der Waals surface area contributed by atoms with Crippen molar-refractivity contribution in [3.63, 3.8) is 0 Å². The Balaban J connectivity index is 1.45. The Morgan fingerprint density at radius 2 is 1.30 bits per heavy atom. The van der Waals surface area contributed by atoms with Crippen molar-refractivity contribution >= 4 is 46.2 Å². The van der Waals surface area contributed by atoms with Crippen LogP contribution in [0.15, 0.2) is 78.0 Å². The fraction of sp³-hybridized carbons (Fsp3) is 0.278. The molecule has 260 valence electrons. The largest absolute Gasteiger partial charge is 0.508 e. The molecule has 4 amide bonds. The van der Waals surface area contributed by atoms with Crippen molar-refractivity contribution < 1.29 is 50.6 Å². The van der Waals surface area contributed by atoms with Gasteiger partial charge in [0.15, 0.2) is 5.41 Å². The second kappa shape index (κ2) is 11.5. The van der Waals surface area contributed by atoms with Gasteiger partial charge < -0.3 is 5.11 Å². The van der Waals surface area contributed by atoms with Gasteiger partial charge in [0.05, 0.1) is 22.3 Å². The maximum Gasteiger partial charge on any atom is 0.407 e. The monoisotopic (exact) mass is 808 g/mol. The number of aromatic hydroxyl groups is 1. The van der Waals surface area contributed by atoms with E-state index in [9.17, 15) is 24.3 Å². The molecule has 0 fully saturated rings. The van der Waals surface area contributed by atoms with Gasteiger partial charge >= 0.3 is 12.4 Å². The summed E-state index contributed by atoms with van der Waals surface area (Å²) in [4.78, 5) is 52.5. The summed E-state index contributed by atoms with van der Waals surface area (Å²) in [7, 11) is 0. The summed E-state index contributed by atoms with van der Waals surface area (Å²) < 4.78 is 90.9. The third kappa shape index (κ3) is 5.16. The SMILES string of the molecule is CC1=C(N2C(=O)c3ccc(-c4ccc5c(c4)C(=O)NC5=O)cc3C2=O)C(C)C(C(c2ccc(O)c(C(C)(C)I)c2)(C(F)(F)F)C(F)(F)F)C=C1. The highest BCUT2D eigenvalue weighted by molar-refractivity contribution is 14.1. The number of alkyl halides is 7. The number of halogens is 7. The number of rotatable bonds is 5. The molecule has 2 unspecified atom stereocenters. The molecule has 1 aliphatic carbocycles. The van der Waals surface area contributed by atoms with E-state index >= 15 is 26.3 Å². The van der Waals surface area contributed by atoms with Crippen molar-refractivity contribution in [2.24, 2.45) is 11.8 Å². The van der Waals surface area contributed by atoms with E-state index in [4.69, 9.17) is 0 Å². The standard InChI is InChI=1S/C36H27F6IN2O5/c1-16-5-11-25(34(35(37,38)39,36(40,41)42)20-8-12-27(46)26(15-20)33(3,4)43)17(2)28(16)45-31(49)22-10-7-19(14-24(22)32(45)50)18-6-9-21-23(13-18)30(48)44-29(21)47/h5-15,17,25,46H,1-4H3,(H,44,47,48). The van der Waals surface area contributed by atoms with Crippen molar-refractivity contribution in [2.75, 3.05) is 0 Å². The number of benzene rings is 3. The zero-order valence-corrected chi connectivity index (χ0v) is 28.8. The highest BCUT2D eigenvalue weighted by atomic mass is 127. The molecular formula is C36H27F6IN2O5. The van der Waals surface area contributed by atoms with Crippen molar-refractivity contribution in [3.05, 3.63) is 111 Å². The average Bonchev–Trinajstić information content (AvgIpc) is 3.43. The number of phenols is 1. The Bertz CT molecular complexity index is 2080. The molecule has 3 aromatic carbocycles. The molecule has 7 nitrogen and oxygen atoms in total. The summed E-state index contributed by atoms with van der Waals surface area (Å²) in [5, 5.41) is 12.6. The number of phenolic OH excluding ortho intramolecular Hbond substituents is 1. The van der Waals surface area contributed by atoms with Crippen molar-refractivity contribution in [1.29, 1.82) is 0 Å². The van der Waals surface area contributed by atoms with E-state index in [-0.39, 0.29) is 39.1 Å². The minimum atomic E-state index is -5.93. The molecule has 0 saturated carbocycles. The number of amides is 4. The summed E-state index contributed by atoms with van der Waals surface area (Å²) >= 11 is 1.81. The van der Waals surface area contributed by atoms with Crippen LogP contribution in [0.2, 0.25) is 0 Å². The molecule has 6 rings (SSSR count). The Morgan fingerprint density at radius 1 is 0.760 bits per heavy atom. The normalized spacial score (nSPS) is 19.7. The molecule has 0 bridgehead atoms. The molecule has 2 aliphatic heterocycles. The number of allylic oxidation sites excluding steroid dienone is 4. The van der Waals surface area contributed by atoms with E-state index in [1.54, 1.807) is 0 Å². The second-order valence-corrected chi connectivity index (χ2v) is 15.7. The molecule has 0 saturated heterocycles. The van der Waals surface area contributed by atoms with Crippen LogP contribution in [-0.4, -0.2) is 46.0 Å². The molecule has 2 heterocycles. The van der Waals surface area contributed by atoms with Gasteiger partial charge in [-0.15, -0.1) is 0 Å². The zero-order chi connectivity index (χ0) is 36.9. The third-order valence-electron chi connectivity index (χ3n) is 9.61.